The Morgan fingerprint density at radius 3 is 2.43 bits per heavy atom. The van der Waals surface area contributed by atoms with Crippen LogP contribution >= 0.6 is 0 Å². The average Bonchev–Trinajstić information content (AvgIpc) is 2.75. The van der Waals surface area contributed by atoms with Crippen molar-refractivity contribution in [3.8, 4) is 0 Å². The van der Waals surface area contributed by atoms with Gasteiger partial charge in [-0.05, 0) is 68.2 Å². The Morgan fingerprint density at radius 1 is 1.00 bits per heavy atom. The molecule has 2 heterocycles. The molecule has 2 fully saturated rings. The summed E-state index contributed by atoms with van der Waals surface area (Å²) < 4.78 is 26.6. The van der Waals surface area contributed by atoms with Crippen LogP contribution in [0.25, 0.3) is 0 Å². The van der Waals surface area contributed by atoms with Crippen LogP contribution in [0.3, 0.4) is 0 Å². The van der Waals surface area contributed by atoms with E-state index < -0.39 is 10.0 Å². The number of carbonyl (C=O) groups excluding carboxylic acids is 1. The number of hydrogen-bond donors (Lipinski definition) is 0. The van der Waals surface area contributed by atoms with E-state index in [1.54, 1.807) is 6.07 Å². The highest BCUT2D eigenvalue weighted by Gasteiger charge is 2.29. The van der Waals surface area contributed by atoms with Crippen molar-refractivity contribution < 1.29 is 13.2 Å². The van der Waals surface area contributed by atoms with Crippen LogP contribution in [-0.4, -0.2) is 44.6 Å². The first-order valence-corrected chi connectivity index (χ1v) is 12.5. The van der Waals surface area contributed by atoms with Crippen molar-refractivity contribution in [3.05, 3.63) is 65.2 Å². The number of sulfonamides is 1. The van der Waals surface area contributed by atoms with Gasteiger partial charge in [0.1, 0.15) is 0 Å². The van der Waals surface area contributed by atoms with E-state index in [0.717, 1.165) is 44.3 Å². The molecule has 5 nitrogen and oxygen atoms in total. The lowest BCUT2D eigenvalue weighted by molar-refractivity contribution is 0.0690. The Balaban J connectivity index is 1.44. The summed E-state index contributed by atoms with van der Waals surface area (Å²) in [6, 6.07) is 16.0. The Hall–Kier alpha value is -2.34. The molecular weight excluding hydrogens is 396 g/mol. The summed E-state index contributed by atoms with van der Waals surface area (Å²) in [5.41, 5.74) is 3.48. The van der Waals surface area contributed by atoms with Gasteiger partial charge in [0.2, 0.25) is 10.0 Å². The average molecular weight is 427 g/mol. The molecule has 160 valence electrons. The lowest BCUT2D eigenvalue weighted by atomic mass is 9.90. The molecule has 4 rings (SSSR count). The predicted octanol–water partition coefficient (Wildman–Crippen LogP) is 4.02. The molecule has 0 radical (unpaired) electrons. The van der Waals surface area contributed by atoms with Gasteiger partial charge in [0.15, 0.2) is 0 Å². The maximum atomic E-state index is 13.1. The Kier molecular flexibility index (Phi) is 6.14. The van der Waals surface area contributed by atoms with Gasteiger partial charge in [-0.25, -0.2) is 8.42 Å². The summed E-state index contributed by atoms with van der Waals surface area (Å²) in [5, 5.41) is 0. The van der Waals surface area contributed by atoms with E-state index in [9.17, 15) is 13.2 Å². The van der Waals surface area contributed by atoms with Gasteiger partial charge in [-0.1, -0.05) is 36.4 Å². The number of anilines is 1. The molecule has 2 saturated heterocycles. The molecule has 0 unspecified atom stereocenters. The Labute approximate surface area is 179 Å². The highest BCUT2D eigenvalue weighted by molar-refractivity contribution is 7.92. The second-order valence-electron chi connectivity index (χ2n) is 8.52. The van der Waals surface area contributed by atoms with E-state index in [1.807, 2.05) is 30.0 Å². The van der Waals surface area contributed by atoms with Crippen molar-refractivity contribution >= 4 is 21.6 Å². The van der Waals surface area contributed by atoms with Crippen molar-refractivity contribution in [3.63, 3.8) is 0 Å². The number of hydrogen-bond acceptors (Lipinski definition) is 3. The minimum Gasteiger partial charge on any atom is -0.339 e. The van der Waals surface area contributed by atoms with Gasteiger partial charge in [0.25, 0.3) is 5.91 Å². The van der Waals surface area contributed by atoms with Crippen molar-refractivity contribution in [2.24, 2.45) is 5.92 Å². The normalized spacial score (nSPS) is 19.6. The third-order valence-electron chi connectivity index (χ3n) is 6.34. The van der Waals surface area contributed by atoms with E-state index in [1.165, 1.54) is 9.87 Å². The Morgan fingerprint density at radius 2 is 1.73 bits per heavy atom. The Bertz CT molecular complexity index is 996. The second-order valence-corrected chi connectivity index (χ2v) is 10.5. The highest BCUT2D eigenvalue weighted by atomic mass is 32.2. The summed E-state index contributed by atoms with van der Waals surface area (Å²) in [4.78, 5) is 15.0. The van der Waals surface area contributed by atoms with Gasteiger partial charge in [0.05, 0.1) is 11.4 Å². The highest BCUT2D eigenvalue weighted by Crippen LogP contribution is 2.29. The molecule has 0 aromatic heterocycles. The maximum absolute atomic E-state index is 13.1. The molecule has 2 aromatic carbocycles. The summed E-state index contributed by atoms with van der Waals surface area (Å²) in [6.45, 7) is 3.90. The zero-order valence-corrected chi connectivity index (χ0v) is 18.4. The van der Waals surface area contributed by atoms with Crippen LogP contribution in [0.1, 0.15) is 47.2 Å². The van der Waals surface area contributed by atoms with Gasteiger partial charge in [-0.2, -0.15) is 0 Å². The monoisotopic (exact) mass is 426 g/mol. The molecule has 30 heavy (non-hydrogen) atoms. The van der Waals surface area contributed by atoms with E-state index in [0.29, 0.717) is 30.1 Å². The number of benzene rings is 2. The number of nitrogens with zero attached hydrogens (tertiary/aromatic N) is 2. The number of likely N-dealkylation sites (tertiary alicyclic amines) is 1. The number of aryl methyl sites for hydroxylation is 1. The van der Waals surface area contributed by atoms with Crippen LogP contribution in [-0.2, 0) is 16.4 Å². The van der Waals surface area contributed by atoms with Gasteiger partial charge < -0.3 is 4.90 Å². The molecule has 1 amide bonds. The van der Waals surface area contributed by atoms with Gasteiger partial charge in [-0.3, -0.25) is 9.10 Å². The van der Waals surface area contributed by atoms with E-state index in [4.69, 9.17) is 0 Å². The van der Waals surface area contributed by atoms with E-state index in [-0.39, 0.29) is 11.7 Å². The summed E-state index contributed by atoms with van der Waals surface area (Å²) in [7, 11) is -3.30. The molecule has 2 aromatic rings. The van der Waals surface area contributed by atoms with Gasteiger partial charge in [0, 0.05) is 25.2 Å². The first-order chi connectivity index (χ1) is 14.4. The zero-order valence-electron chi connectivity index (χ0n) is 17.6. The van der Waals surface area contributed by atoms with Crippen LogP contribution in [0.4, 0.5) is 5.69 Å². The molecule has 0 N–H and O–H groups in total. The lowest BCUT2D eigenvalue weighted by Gasteiger charge is -2.33. The minimum absolute atomic E-state index is 0.00354. The smallest absolute Gasteiger partial charge is 0.253 e. The first kappa shape index (κ1) is 20.9. The SMILES string of the molecule is Cc1ccc(C(=O)N2CCC(Cc3ccccc3)CC2)cc1N1CCCCS1(=O)=O. The van der Waals surface area contributed by atoms with Crippen molar-refractivity contribution in [2.75, 3.05) is 29.7 Å². The summed E-state index contributed by atoms with van der Waals surface area (Å²) in [5.74, 6) is 0.784. The van der Waals surface area contributed by atoms with Crippen molar-refractivity contribution in [1.82, 2.24) is 4.90 Å². The zero-order chi connectivity index (χ0) is 21.1. The van der Waals surface area contributed by atoms with Crippen LogP contribution in [0, 0.1) is 12.8 Å². The minimum atomic E-state index is -3.30. The van der Waals surface area contributed by atoms with Gasteiger partial charge >= 0.3 is 0 Å². The predicted molar refractivity (Wildman–Crippen MR) is 120 cm³/mol. The quantitative estimate of drug-likeness (QED) is 0.742. The molecule has 2 aliphatic heterocycles. The fourth-order valence-electron chi connectivity index (χ4n) is 4.54. The van der Waals surface area contributed by atoms with E-state index >= 15 is 0 Å². The molecule has 0 bridgehead atoms. The molecule has 0 aliphatic carbocycles. The number of amides is 1. The fraction of sp³-hybridized carbons (Fsp3) is 0.458. The number of carbonyl (C=O) groups is 1. The third-order valence-corrected chi connectivity index (χ3v) is 8.20. The lowest BCUT2D eigenvalue weighted by Crippen LogP contribution is -2.40. The second kappa shape index (κ2) is 8.80. The van der Waals surface area contributed by atoms with Crippen LogP contribution in [0.15, 0.2) is 48.5 Å². The van der Waals surface area contributed by atoms with Crippen LogP contribution in [0.2, 0.25) is 0 Å². The van der Waals surface area contributed by atoms with Crippen molar-refractivity contribution in [1.29, 1.82) is 0 Å². The molecule has 2 aliphatic rings. The topological polar surface area (TPSA) is 57.7 Å². The molecule has 0 spiro atoms. The molecule has 6 heteroatoms. The van der Waals surface area contributed by atoms with E-state index in [2.05, 4.69) is 24.3 Å². The largest absolute Gasteiger partial charge is 0.339 e. The fourth-order valence-corrected chi connectivity index (χ4v) is 6.23. The number of piperidine rings is 1. The summed E-state index contributed by atoms with van der Waals surface area (Å²) in [6.07, 6.45) is 4.62. The standard InChI is InChI=1S/C24H30N2O3S/c1-19-9-10-22(18-23(19)26-13-5-6-16-30(26,28)29)24(27)25-14-11-21(12-15-25)17-20-7-3-2-4-8-20/h2-4,7-10,18,21H,5-6,11-17H2,1H3. The van der Waals surface area contributed by atoms with Crippen LogP contribution in [0.5, 0.6) is 0 Å². The maximum Gasteiger partial charge on any atom is 0.253 e. The first-order valence-electron chi connectivity index (χ1n) is 10.9. The number of rotatable bonds is 4. The van der Waals surface area contributed by atoms with Gasteiger partial charge in [-0.15, -0.1) is 0 Å². The summed E-state index contributed by atoms with van der Waals surface area (Å²) >= 11 is 0. The third kappa shape index (κ3) is 4.53. The van der Waals surface area contributed by atoms with Crippen molar-refractivity contribution in [2.45, 2.75) is 39.0 Å². The molecule has 0 atom stereocenters. The molecule has 0 saturated carbocycles. The molecular formula is C24H30N2O3S. The van der Waals surface area contributed by atoms with Crippen LogP contribution < -0.4 is 4.31 Å².